The van der Waals surface area contributed by atoms with Gasteiger partial charge >= 0.3 is 0 Å². The Labute approximate surface area is 122 Å². The van der Waals surface area contributed by atoms with Crippen LogP contribution in [-0.2, 0) is 7.05 Å². The molecule has 20 heavy (non-hydrogen) atoms. The molecule has 0 atom stereocenters. The largest absolute Gasteiger partial charge is 0.346 e. The van der Waals surface area contributed by atoms with Crippen LogP contribution in [-0.4, -0.2) is 4.57 Å². The van der Waals surface area contributed by atoms with Crippen LogP contribution in [0, 0.1) is 6.92 Å². The van der Waals surface area contributed by atoms with Crippen LogP contribution in [0.2, 0.25) is 5.02 Å². The Kier molecular flexibility index (Phi) is 3.28. The van der Waals surface area contributed by atoms with Gasteiger partial charge in [-0.2, -0.15) is 5.11 Å². The Balaban J connectivity index is 2.06. The van der Waals surface area contributed by atoms with Crippen molar-refractivity contribution in [1.29, 1.82) is 0 Å². The van der Waals surface area contributed by atoms with Gasteiger partial charge < -0.3 is 4.57 Å². The minimum Gasteiger partial charge on any atom is -0.346 e. The maximum absolute atomic E-state index is 5.86. The standard InChI is InChI=1S/C16H14ClN3/c1-11-16(14-5-3-4-6-15(14)20(11)2)19-18-13-9-7-12(17)8-10-13/h3-10H,1-2H3. The number of aromatic nitrogens is 1. The summed E-state index contributed by atoms with van der Waals surface area (Å²) in [4.78, 5) is 0. The maximum atomic E-state index is 5.86. The number of rotatable bonds is 2. The van der Waals surface area contributed by atoms with Crippen LogP contribution in [0.5, 0.6) is 0 Å². The molecule has 0 saturated heterocycles. The fourth-order valence-corrected chi connectivity index (χ4v) is 2.37. The van der Waals surface area contributed by atoms with E-state index in [0.29, 0.717) is 5.02 Å². The first-order chi connectivity index (χ1) is 9.66. The SMILES string of the molecule is Cc1c(N=Nc2ccc(Cl)cc2)c2ccccc2n1C. The molecular formula is C16H14ClN3. The van der Waals surface area contributed by atoms with Crippen molar-refractivity contribution in [3.8, 4) is 0 Å². The maximum Gasteiger partial charge on any atom is 0.114 e. The number of fused-ring (bicyclic) bond motifs is 1. The van der Waals surface area contributed by atoms with Crippen LogP contribution in [0.3, 0.4) is 0 Å². The van der Waals surface area contributed by atoms with Gasteiger partial charge in [0.15, 0.2) is 0 Å². The zero-order valence-corrected chi connectivity index (χ0v) is 12.1. The summed E-state index contributed by atoms with van der Waals surface area (Å²) >= 11 is 5.86. The summed E-state index contributed by atoms with van der Waals surface area (Å²) < 4.78 is 2.13. The van der Waals surface area contributed by atoms with Crippen molar-refractivity contribution in [2.24, 2.45) is 17.3 Å². The molecule has 3 nitrogen and oxygen atoms in total. The zero-order chi connectivity index (χ0) is 14.1. The number of azo groups is 1. The Morgan fingerprint density at radius 2 is 1.65 bits per heavy atom. The van der Waals surface area contributed by atoms with Gasteiger partial charge in [0, 0.05) is 23.2 Å². The minimum absolute atomic E-state index is 0.699. The predicted octanol–water partition coefficient (Wildman–Crippen LogP) is 5.56. The Bertz CT molecular complexity index is 785. The van der Waals surface area contributed by atoms with Crippen molar-refractivity contribution < 1.29 is 0 Å². The zero-order valence-electron chi connectivity index (χ0n) is 11.3. The molecular weight excluding hydrogens is 270 g/mol. The predicted molar refractivity (Wildman–Crippen MR) is 83.3 cm³/mol. The second-order valence-electron chi connectivity index (χ2n) is 4.69. The molecule has 1 heterocycles. The van der Waals surface area contributed by atoms with Gasteiger partial charge in [0.05, 0.1) is 11.2 Å². The summed E-state index contributed by atoms with van der Waals surface area (Å²) in [5, 5.41) is 10.5. The third kappa shape index (κ3) is 2.21. The normalized spacial score (nSPS) is 11.6. The average Bonchev–Trinajstić information content (AvgIpc) is 2.71. The van der Waals surface area contributed by atoms with Gasteiger partial charge in [-0.05, 0) is 37.3 Å². The van der Waals surface area contributed by atoms with Crippen molar-refractivity contribution in [3.63, 3.8) is 0 Å². The highest BCUT2D eigenvalue weighted by atomic mass is 35.5. The summed E-state index contributed by atoms with van der Waals surface area (Å²) in [5.41, 5.74) is 3.97. The number of nitrogens with zero attached hydrogens (tertiary/aromatic N) is 3. The summed E-state index contributed by atoms with van der Waals surface area (Å²) in [5.74, 6) is 0. The molecule has 1 aromatic heterocycles. The molecule has 0 aliphatic carbocycles. The second kappa shape index (κ2) is 5.10. The van der Waals surface area contributed by atoms with Gasteiger partial charge in [0.1, 0.15) is 5.69 Å². The highest BCUT2D eigenvalue weighted by Crippen LogP contribution is 2.33. The lowest BCUT2D eigenvalue weighted by Crippen LogP contribution is -1.88. The fourth-order valence-electron chi connectivity index (χ4n) is 2.24. The quantitative estimate of drug-likeness (QED) is 0.552. The smallest absolute Gasteiger partial charge is 0.114 e. The Hall–Kier alpha value is -2.13. The van der Waals surface area contributed by atoms with E-state index < -0.39 is 0 Å². The van der Waals surface area contributed by atoms with E-state index in [9.17, 15) is 0 Å². The molecule has 2 aromatic carbocycles. The number of hydrogen-bond donors (Lipinski definition) is 0. The van der Waals surface area contributed by atoms with Crippen LogP contribution in [0.1, 0.15) is 5.69 Å². The van der Waals surface area contributed by atoms with E-state index in [0.717, 1.165) is 28.0 Å². The molecule has 0 fully saturated rings. The van der Waals surface area contributed by atoms with Crippen LogP contribution in [0.15, 0.2) is 58.8 Å². The molecule has 0 radical (unpaired) electrons. The van der Waals surface area contributed by atoms with E-state index in [1.807, 2.05) is 43.4 Å². The monoisotopic (exact) mass is 283 g/mol. The van der Waals surface area contributed by atoms with E-state index >= 15 is 0 Å². The lowest BCUT2D eigenvalue weighted by Gasteiger charge is -1.97. The first-order valence-corrected chi connectivity index (χ1v) is 6.76. The fraction of sp³-hybridized carbons (Fsp3) is 0.125. The van der Waals surface area contributed by atoms with E-state index in [4.69, 9.17) is 11.6 Å². The molecule has 0 N–H and O–H groups in total. The van der Waals surface area contributed by atoms with Gasteiger partial charge in [-0.25, -0.2) is 0 Å². The molecule has 0 amide bonds. The van der Waals surface area contributed by atoms with Gasteiger partial charge in [0.25, 0.3) is 0 Å². The summed E-state index contributed by atoms with van der Waals surface area (Å²) in [6.45, 7) is 2.05. The highest BCUT2D eigenvalue weighted by molar-refractivity contribution is 6.30. The van der Waals surface area contributed by atoms with Crippen molar-refractivity contribution in [1.82, 2.24) is 4.57 Å². The van der Waals surface area contributed by atoms with Crippen LogP contribution >= 0.6 is 11.6 Å². The van der Waals surface area contributed by atoms with Crippen molar-refractivity contribution >= 4 is 33.9 Å². The van der Waals surface area contributed by atoms with E-state index in [2.05, 4.69) is 33.9 Å². The molecule has 0 spiro atoms. The van der Waals surface area contributed by atoms with E-state index in [1.165, 1.54) is 0 Å². The third-order valence-electron chi connectivity index (χ3n) is 3.46. The third-order valence-corrected chi connectivity index (χ3v) is 3.71. The van der Waals surface area contributed by atoms with E-state index in [1.54, 1.807) is 0 Å². The van der Waals surface area contributed by atoms with Crippen molar-refractivity contribution in [2.75, 3.05) is 0 Å². The number of benzene rings is 2. The lowest BCUT2D eigenvalue weighted by atomic mass is 10.2. The first-order valence-electron chi connectivity index (χ1n) is 6.38. The molecule has 0 aliphatic heterocycles. The lowest BCUT2D eigenvalue weighted by molar-refractivity contribution is 0.915. The molecule has 0 unspecified atom stereocenters. The number of hydrogen-bond acceptors (Lipinski definition) is 2. The minimum atomic E-state index is 0.699. The van der Waals surface area contributed by atoms with Crippen molar-refractivity contribution in [3.05, 3.63) is 59.2 Å². The number of para-hydroxylation sites is 1. The van der Waals surface area contributed by atoms with Crippen LogP contribution in [0.25, 0.3) is 10.9 Å². The Morgan fingerprint density at radius 1 is 0.950 bits per heavy atom. The van der Waals surface area contributed by atoms with Gasteiger partial charge in [-0.3, -0.25) is 0 Å². The molecule has 100 valence electrons. The highest BCUT2D eigenvalue weighted by Gasteiger charge is 2.10. The topological polar surface area (TPSA) is 29.6 Å². The molecule has 0 saturated carbocycles. The van der Waals surface area contributed by atoms with Gasteiger partial charge in [-0.1, -0.05) is 29.8 Å². The first kappa shape index (κ1) is 12.9. The average molecular weight is 284 g/mol. The van der Waals surface area contributed by atoms with Crippen LogP contribution in [0.4, 0.5) is 11.4 Å². The number of aryl methyl sites for hydroxylation is 1. The van der Waals surface area contributed by atoms with Gasteiger partial charge in [0.2, 0.25) is 0 Å². The van der Waals surface area contributed by atoms with E-state index in [-0.39, 0.29) is 0 Å². The molecule has 3 aromatic rings. The van der Waals surface area contributed by atoms with Crippen molar-refractivity contribution in [2.45, 2.75) is 6.92 Å². The van der Waals surface area contributed by atoms with Gasteiger partial charge in [-0.15, -0.1) is 5.11 Å². The Morgan fingerprint density at radius 3 is 2.40 bits per heavy atom. The second-order valence-corrected chi connectivity index (χ2v) is 5.12. The number of halogens is 1. The summed E-state index contributed by atoms with van der Waals surface area (Å²) in [6, 6.07) is 15.5. The summed E-state index contributed by atoms with van der Waals surface area (Å²) in [6.07, 6.45) is 0. The van der Waals surface area contributed by atoms with Crippen LogP contribution < -0.4 is 0 Å². The molecule has 0 aliphatic rings. The molecule has 3 rings (SSSR count). The molecule has 4 heteroatoms. The molecule has 0 bridgehead atoms. The summed E-state index contributed by atoms with van der Waals surface area (Å²) in [7, 11) is 2.04.